The first kappa shape index (κ1) is 24.2. The van der Waals surface area contributed by atoms with Gasteiger partial charge in [-0.25, -0.2) is 4.98 Å². The molecule has 0 aliphatic carbocycles. The third-order valence-corrected chi connectivity index (χ3v) is 6.91. The number of hydrogen-bond acceptors (Lipinski definition) is 5. The maximum atomic E-state index is 12.4. The molecule has 182 valence electrons. The van der Waals surface area contributed by atoms with E-state index in [1.807, 2.05) is 30.3 Å². The number of amides is 1. The average molecular weight is 465 g/mol. The van der Waals surface area contributed by atoms with E-state index < -0.39 is 11.9 Å². The number of aliphatic carboxylic acids is 1. The Kier molecular flexibility index (Phi) is 8.52. The van der Waals surface area contributed by atoms with E-state index in [9.17, 15) is 14.7 Å². The molecule has 2 aromatic rings. The van der Waals surface area contributed by atoms with Crippen molar-refractivity contribution in [3.63, 3.8) is 0 Å². The summed E-state index contributed by atoms with van der Waals surface area (Å²) >= 11 is 0. The van der Waals surface area contributed by atoms with E-state index in [4.69, 9.17) is 4.98 Å². The molecular weight excluding hydrogens is 428 g/mol. The summed E-state index contributed by atoms with van der Waals surface area (Å²) in [6, 6.07) is 13.7. The summed E-state index contributed by atoms with van der Waals surface area (Å²) < 4.78 is 0. The Morgan fingerprint density at radius 1 is 1.18 bits per heavy atom. The van der Waals surface area contributed by atoms with Gasteiger partial charge in [-0.05, 0) is 68.7 Å². The van der Waals surface area contributed by atoms with Crippen molar-refractivity contribution < 1.29 is 14.7 Å². The zero-order chi connectivity index (χ0) is 23.8. The van der Waals surface area contributed by atoms with Gasteiger partial charge in [0.1, 0.15) is 5.82 Å². The van der Waals surface area contributed by atoms with E-state index in [1.54, 1.807) is 0 Å². The molecule has 4 rings (SSSR count). The minimum Gasteiger partial charge on any atom is -0.481 e. The number of hydrogen-bond donors (Lipinski definition) is 3. The summed E-state index contributed by atoms with van der Waals surface area (Å²) in [6.07, 6.45) is 7.01. The molecule has 1 fully saturated rings. The summed E-state index contributed by atoms with van der Waals surface area (Å²) in [4.78, 5) is 31.3. The van der Waals surface area contributed by atoms with Gasteiger partial charge in [0.2, 0.25) is 5.91 Å². The van der Waals surface area contributed by atoms with E-state index in [1.165, 1.54) is 12.0 Å². The number of carboxylic acid groups (broad SMARTS) is 1. The number of unbranched alkanes of at least 4 members (excludes halogenated alkanes) is 1. The number of carbonyl (C=O) groups excluding carboxylic acids is 1. The van der Waals surface area contributed by atoms with E-state index in [-0.39, 0.29) is 18.4 Å². The van der Waals surface area contributed by atoms with E-state index in [0.717, 1.165) is 75.4 Å². The van der Waals surface area contributed by atoms with Crippen LogP contribution in [0.2, 0.25) is 0 Å². The minimum absolute atomic E-state index is 0.0545. The first-order valence-electron chi connectivity index (χ1n) is 12.6. The molecule has 1 aromatic carbocycles. The predicted molar refractivity (Wildman–Crippen MR) is 133 cm³/mol. The fraction of sp³-hybridized carbons (Fsp3) is 0.519. The predicted octanol–water partition coefficient (Wildman–Crippen LogP) is 3.60. The second-order valence-electron chi connectivity index (χ2n) is 9.49. The van der Waals surface area contributed by atoms with Crippen molar-refractivity contribution in [1.29, 1.82) is 0 Å². The lowest BCUT2D eigenvalue weighted by Crippen LogP contribution is -2.37. The molecule has 0 bridgehead atoms. The molecule has 2 atom stereocenters. The Labute approximate surface area is 202 Å². The van der Waals surface area contributed by atoms with Gasteiger partial charge in [0.15, 0.2) is 0 Å². The lowest BCUT2D eigenvalue weighted by Gasteiger charge is -2.18. The Bertz CT molecular complexity index is 966. The molecule has 0 spiro atoms. The van der Waals surface area contributed by atoms with Gasteiger partial charge in [-0.15, -0.1) is 0 Å². The van der Waals surface area contributed by atoms with Crippen molar-refractivity contribution in [2.45, 2.75) is 63.3 Å². The molecule has 3 N–H and O–H groups in total. The first-order valence-corrected chi connectivity index (χ1v) is 12.6. The molecule has 0 radical (unpaired) electrons. The molecule has 34 heavy (non-hydrogen) atoms. The number of carboxylic acids is 1. The number of fused-ring (bicyclic) bond motifs is 1. The van der Waals surface area contributed by atoms with Crippen LogP contribution in [0.5, 0.6) is 0 Å². The number of pyridine rings is 1. The fourth-order valence-electron chi connectivity index (χ4n) is 5.00. The molecular formula is C27H36N4O3. The van der Waals surface area contributed by atoms with Crippen molar-refractivity contribution in [3.05, 3.63) is 59.3 Å². The zero-order valence-electron chi connectivity index (χ0n) is 19.8. The van der Waals surface area contributed by atoms with Crippen molar-refractivity contribution in [2.24, 2.45) is 0 Å². The van der Waals surface area contributed by atoms with Gasteiger partial charge >= 0.3 is 5.97 Å². The van der Waals surface area contributed by atoms with Crippen molar-refractivity contribution in [1.82, 2.24) is 15.2 Å². The quantitative estimate of drug-likeness (QED) is 0.440. The van der Waals surface area contributed by atoms with E-state index >= 15 is 0 Å². The lowest BCUT2D eigenvalue weighted by molar-refractivity contribution is -0.139. The van der Waals surface area contributed by atoms with Crippen molar-refractivity contribution in [2.75, 3.05) is 31.5 Å². The first-order chi connectivity index (χ1) is 16.6. The molecule has 2 aliphatic rings. The Balaban J connectivity index is 1.13. The SMILES string of the molecule is O=C(CC[C@@H](C(=O)O)c1ccccc1)N[C@@H]1CCN(CCCCc2ccc3c(n2)NCCC3)C1. The maximum Gasteiger partial charge on any atom is 0.310 e. The molecule has 1 amide bonds. The van der Waals surface area contributed by atoms with Gasteiger partial charge in [-0.3, -0.25) is 9.59 Å². The summed E-state index contributed by atoms with van der Waals surface area (Å²) in [7, 11) is 0. The summed E-state index contributed by atoms with van der Waals surface area (Å²) in [5.41, 5.74) is 3.24. The number of nitrogens with one attached hydrogen (secondary N) is 2. The van der Waals surface area contributed by atoms with Crippen LogP contribution >= 0.6 is 0 Å². The van der Waals surface area contributed by atoms with Crippen LogP contribution in [0.25, 0.3) is 0 Å². The summed E-state index contributed by atoms with van der Waals surface area (Å²) in [5, 5.41) is 16.1. The zero-order valence-corrected chi connectivity index (χ0v) is 19.8. The van der Waals surface area contributed by atoms with E-state index in [2.05, 4.69) is 27.7 Å². The van der Waals surface area contributed by atoms with E-state index in [0.29, 0.717) is 6.42 Å². The molecule has 1 saturated heterocycles. The molecule has 3 heterocycles. The van der Waals surface area contributed by atoms with Crippen LogP contribution in [0.4, 0.5) is 5.82 Å². The Hall–Kier alpha value is -2.93. The molecule has 0 unspecified atom stereocenters. The van der Waals surface area contributed by atoms with Crippen LogP contribution in [0.15, 0.2) is 42.5 Å². The fourth-order valence-corrected chi connectivity index (χ4v) is 5.00. The lowest BCUT2D eigenvalue weighted by atomic mass is 9.94. The number of benzene rings is 1. The van der Waals surface area contributed by atoms with Gasteiger partial charge in [0, 0.05) is 37.8 Å². The number of aromatic nitrogens is 1. The van der Waals surface area contributed by atoms with Crippen LogP contribution < -0.4 is 10.6 Å². The second kappa shape index (κ2) is 12.0. The highest BCUT2D eigenvalue weighted by molar-refractivity contribution is 5.79. The Morgan fingerprint density at radius 3 is 2.85 bits per heavy atom. The summed E-state index contributed by atoms with van der Waals surface area (Å²) in [6.45, 7) is 3.91. The van der Waals surface area contributed by atoms with Gasteiger partial charge in [0.25, 0.3) is 0 Å². The molecule has 7 nitrogen and oxygen atoms in total. The standard InChI is InChI=1S/C27H36N4O3/c32-25(14-13-24(27(33)34)20-7-2-1-3-8-20)29-23-15-18-31(19-23)17-5-4-10-22-12-11-21-9-6-16-28-26(21)30-22/h1-3,7-8,11-12,23-24H,4-6,9-10,13-19H2,(H,28,30)(H,29,32)(H,33,34)/t23-,24-/m1/s1. The molecule has 1 aromatic heterocycles. The van der Waals surface area contributed by atoms with Crippen LogP contribution in [0.1, 0.15) is 61.3 Å². The minimum atomic E-state index is -0.882. The molecule has 7 heteroatoms. The van der Waals surface area contributed by atoms with Crippen LogP contribution in [0.3, 0.4) is 0 Å². The highest BCUT2D eigenvalue weighted by Gasteiger charge is 2.25. The van der Waals surface area contributed by atoms with Gasteiger partial charge in [-0.2, -0.15) is 0 Å². The number of carbonyl (C=O) groups is 2. The third kappa shape index (κ3) is 6.79. The molecule has 0 saturated carbocycles. The van der Waals surface area contributed by atoms with Gasteiger partial charge in [0.05, 0.1) is 5.92 Å². The second-order valence-corrected chi connectivity index (χ2v) is 9.49. The highest BCUT2D eigenvalue weighted by Crippen LogP contribution is 2.22. The topological polar surface area (TPSA) is 94.6 Å². The number of rotatable bonds is 11. The average Bonchev–Trinajstić information content (AvgIpc) is 3.29. The van der Waals surface area contributed by atoms with Crippen LogP contribution in [-0.4, -0.2) is 59.1 Å². The third-order valence-electron chi connectivity index (χ3n) is 6.91. The highest BCUT2D eigenvalue weighted by atomic mass is 16.4. The largest absolute Gasteiger partial charge is 0.481 e. The number of nitrogens with zero attached hydrogens (tertiary/aromatic N) is 2. The maximum absolute atomic E-state index is 12.4. The normalized spacial score (nSPS) is 18.6. The van der Waals surface area contributed by atoms with Crippen LogP contribution in [-0.2, 0) is 22.4 Å². The van der Waals surface area contributed by atoms with Crippen molar-refractivity contribution >= 4 is 17.7 Å². The summed E-state index contributed by atoms with van der Waals surface area (Å²) in [5.74, 6) is -0.512. The number of likely N-dealkylation sites (tertiary alicyclic amines) is 1. The van der Waals surface area contributed by atoms with Crippen molar-refractivity contribution in [3.8, 4) is 0 Å². The Morgan fingerprint density at radius 2 is 2.03 bits per heavy atom. The molecule has 2 aliphatic heterocycles. The van der Waals surface area contributed by atoms with Gasteiger partial charge < -0.3 is 20.6 Å². The number of aryl methyl sites for hydroxylation is 2. The number of anilines is 1. The smallest absolute Gasteiger partial charge is 0.310 e. The van der Waals surface area contributed by atoms with Gasteiger partial charge in [-0.1, -0.05) is 36.4 Å². The van der Waals surface area contributed by atoms with Crippen LogP contribution in [0, 0.1) is 0 Å². The monoisotopic (exact) mass is 464 g/mol.